The first-order chi connectivity index (χ1) is 10.0. The molecule has 1 unspecified atom stereocenters. The van der Waals surface area contributed by atoms with Crippen molar-refractivity contribution in [2.45, 2.75) is 69.6 Å². The molecule has 1 aliphatic rings. The summed E-state index contributed by atoms with van der Waals surface area (Å²) >= 11 is 2.17. The third kappa shape index (κ3) is 5.03. The second-order valence-corrected chi connectivity index (χ2v) is 8.64. The second kappa shape index (κ2) is 7.69. The smallest absolute Gasteiger partial charge is 0.0409 e. The van der Waals surface area contributed by atoms with Crippen LogP contribution >= 0.6 is 11.8 Å². The fourth-order valence-electron chi connectivity index (χ4n) is 3.03. The van der Waals surface area contributed by atoms with Crippen LogP contribution in [-0.2, 0) is 5.41 Å². The van der Waals surface area contributed by atoms with E-state index in [1.165, 1.54) is 49.0 Å². The number of rotatable bonds is 5. The van der Waals surface area contributed by atoms with Gasteiger partial charge in [0, 0.05) is 17.0 Å². The lowest BCUT2D eigenvalue weighted by Gasteiger charge is -2.25. The quantitative estimate of drug-likeness (QED) is 0.791. The van der Waals surface area contributed by atoms with E-state index >= 15 is 0 Å². The van der Waals surface area contributed by atoms with Crippen LogP contribution in [0.3, 0.4) is 0 Å². The summed E-state index contributed by atoms with van der Waals surface area (Å²) in [7, 11) is 2.09. The lowest BCUT2D eigenvalue weighted by molar-refractivity contribution is 0.514. The van der Waals surface area contributed by atoms with Crippen LogP contribution in [0.4, 0.5) is 0 Å². The molecule has 0 saturated heterocycles. The van der Waals surface area contributed by atoms with Crippen LogP contribution in [0.1, 0.15) is 70.0 Å². The van der Waals surface area contributed by atoms with Crippen LogP contribution in [0.5, 0.6) is 0 Å². The number of thioether (sulfide) groups is 1. The number of benzene rings is 1. The molecule has 1 fully saturated rings. The van der Waals surface area contributed by atoms with Crippen molar-refractivity contribution in [2.75, 3.05) is 12.8 Å². The lowest BCUT2D eigenvalue weighted by Crippen LogP contribution is -2.21. The summed E-state index contributed by atoms with van der Waals surface area (Å²) in [6, 6.07) is 9.69. The lowest BCUT2D eigenvalue weighted by atomic mass is 9.86. The Morgan fingerprint density at radius 2 is 1.71 bits per heavy atom. The first-order valence-corrected chi connectivity index (χ1v) is 9.45. The molecule has 0 spiro atoms. The Labute approximate surface area is 135 Å². The van der Waals surface area contributed by atoms with E-state index in [2.05, 4.69) is 69.2 Å². The average molecular weight is 306 g/mol. The summed E-state index contributed by atoms with van der Waals surface area (Å²) in [4.78, 5) is 0. The first-order valence-electron chi connectivity index (χ1n) is 8.40. The molecular weight excluding hydrogens is 274 g/mol. The number of hydrogen-bond donors (Lipinski definition) is 1. The molecule has 2 heteroatoms. The van der Waals surface area contributed by atoms with Crippen molar-refractivity contribution >= 4 is 11.8 Å². The molecule has 21 heavy (non-hydrogen) atoms. The Kier molecular flexibility index (Phi) is 6.19. The van der Waals surface area contributed by atoms with Crippen LogP contribution in [-0.4, -0.2) is 18.1 Å². The maximum atomic E-state index is 3.50. The zero-order valence-corrected chi connectivity index (χ0v) is 14.9. The van der Waals surface area contributed by atoms with Gasteiger partial charge in [-0.1, -0.05) is 64.3 Å². The highest BCUT2D eigenvalue weighted by atomic mass is 32.2. The highest BCUT2D eigenvalue weighted by Crippen LogP contribution is 2.31. The van der Waals surface area contributed by atoms with Crippen LogP contribution < -0.4 is 5.32 Å². The molecule has 1 atom stereocenters. The zero-order chi connectivity index (χ0) is 15.3. The Hall–Kier alpha value is -0.470. The molecule has 0 aliphatic heterocycles. The van der Waals surface area contributed by atoms with Gasteiger partial charge in [0.25, 0.3) is 0 Å². The number of nitrogens with one attached hydrogen (secondary N) is 1. The third-order valence-corrected chi connectivity index (χ3v) is 6.05. The summed E-state index contributed by atoms with van der Waals surface area (Å²) < 4.78 is 0. The van der Waals surface area contributed by atoms with Gasteiger partial charge in [0.2, 0.25) is 0 Å². The monoisotopic (exact) mass is 305 g/mol. The summed E-state index contributed by atoms with van der Waals surface area (Å²) in [5.41, 5.74) is 3.08. The maximum absolute atomic E-state index is 3.50. The molecule has 0 aromatic heterocycles. The van der Waals surface area contributed by atoms with E-state index in [1.54, 1.807) is 0 Å². The summed E-state index contributed by atoms with van der Waals surface area (Å²) in [6.07, 6.45) is 7.15. The van der Waals surface area contributed by atoms with Crippen LogP contribution in [0.15, 0.2) is 24.3 Å². The number of hydrogen-bond acceptors (Lipinski definition) is 2. The zero-order valence-electron chi connectivity index (χ0n) is 14.1. The van der Waals surface area contributed by atoms with Crippen LogP contribution in [0.2, 0.25) is 0 Å². The largest absolute Gasteiger partial charge is 0.312 e. The van der Waals surface area contributed by atoms with Gasteiger partial charge in [0.05, 0.1) is 0 Å². The molecule has 1 aliphatic carbocycles. The molecule has 1 N–H and O–H groups in total. The first kappa shape index (κ1) is 16.9. The van der Waals surface area contributed by atoms with Crippen molar-refractivity contribution in [3.8, 4) is 0 Å². The molecule has 0 radical (unpaired) electrons. The molecular formula is C19H31NS. The van der Waals surface area contributed by atoms with E-state index in [9.17, 15) is 0 Å². The Morgan fingerprint density at radius 1 is 1.10 bits per heavy atom. The third-order valence-electron chi connectivity index (χ3n) is 4.58. The molecule has 0 heterocycles. The van der Waals surface area contributed by atoms with Gasteiger partial charge in [-0.15, -0.1) is 0 Å². The minimum atomic E-state index is 0.241. The van der Waals surface area contributed by atoms with E-state index in [0.717, 1.165) is 5.25 Å². The van der Waals surface area contributed by atoms with Gasteiger partial charge in [-0.25, -0.2) is 0 Å². The predicted octanol–water partition coefficient (Wildman–Crippen LogP) is 5.31. The fourth-order valence-corrected chi connectivity index (χ4v) is 4.52. The van der Waals surface area contributed by atoms with E-state index in [-0.39, 0.29) is 5.41 Å². The van der Waals surface area contributed by atoms with Crippen molar-refractivity contribution in [3.63, 3.8) is 0 Å². The van der Waals surface area contributed by atoms with Crippen LogP contribution in [0, 0.1) is 0 Å². The van der Waals surface area contributed by atoms with Crippen molar-refractivity contribution in [2.24, 2.45) is 0 Å². The molecule has 118 valence electrons. The van der Waals surface area contributed by atoms with Gasteiger partial charge in [-0.2, -0.15) is 11.8 Å². The molecule has 0 bridgehead atoms. The standard InChI is InChI=1S/C19H31NS/c1-19(2,3)16-12-10-15(11-13-16)18(20-4)14-21-17-8-6-5-7-9-17/h10-13,17-18,20H,5-9,14H2,1-4H3. The van der Waals surface area contributed by atoms with Crippen molar-refractivity contribution in [1.82, 2.24) is 5.32 Å². The van der Waals surface area contributed by atoms with Gasteiger partial charge in [0.15, 0.2) is 0 Å². The van der Waals surface area contributed by atoms with Crippen LogP contribution in [0.25, 0.3) is 0 Å². The van der Waals surface area contributed by atoms with E-state index in [1.807, 2.05) is 0 Å². The van der Waals surface area contributed by atoms with Gasteiger partial charge < -0.3 is 5.32 Å². The highest BCUT2D eigenvalue weighted by molar-refractivity contribution is 7.99. The fraction of sp³-hybridized carbons (Fsp3) is 0.684. The SMILES string of the molecule is CNC(CSC1CCCCC1)c1ccc(C(C)(C)C)cc1. The second-order valence-electron chi connectivity index (χ2n) is 7.31. The minimum absolute atomic E-state index is 0.241. The summed E-state index contributed by atoms with van der Waals surface area (Å²) in [5.74, 6) is 1.19. The van der Waals surface area contributed by atoms with E-state index in [4.69, 9.17) is 0 Å². The van der Waals surface area contributed by atoms with Crippen molar-refractivity contribution in [1.29, 1.82) is 0 Å². The molecule has 1 saturated carbocycles. The summed E-state index contributed by atoms with van der Waals surface area (Å²) in [6.45, 7) is 6.82. The normalized spacial score (nSPS) is 18.7. The topological polar surface area (TPSA) is 12.0 Å². The molecule has 1 aromatic rings. The summed E-state index contributed by atoms with van der Waals surface area (Å²) in [5, 5.41) is 4.39. The Balaban J connectivity index is 1.93. The Bertz CT molecular complexity index is 412. The molecule has 0 amide bonds. The minimum Gasteiger partial charge on any atom is -0.312 e. The van der Waals surface area contributed by atoms with Gasteiger partial charge in [0.1, 0.15) is 0 Å². The predicted molar refractivity (Wildman–Crippen MR) is 96.3 cm³/mol. The Morgan fingerprint density at radius 3 is 2.24 bits per heavy atom. The van der Waals surface area contributed by atoms with Gasteiger partial charge >= 0.3 is 0 Å². The van der Waals surface area contributed by atoms with Gasteiger partial charge in [-0.05, 0) is 36.4 Å². The average Bonchev–Trinajstić information content (AvgIpc) is 2.48. The maximum Gasteiger partial charge on any atom is 0.0409 e. The van der Waals surface area contributed by atoms with Crippen molar-refractivity contribution in [3.05, 3.63) is 35.4 Å². The molecule has 2 rings (SSSR count). The van der Waals surface area contributed by atoms with E-state index in [0.29, 0.717) is 6.04 Å². The molecule has 1 nitrogen and oxygen atoms in total. The van der Waals surface area contributed by atoms with Gasteiger partial charge in [-0.3, -0.25) is 0 Å². The highest BCUT2D eigenvalue weighted by Gasteiger charge is 2.18. The molecule has 1 aromatic carbocycles. The van der Waals surface area contributed by atoms with E-state index < -0.39 is 0 Å². The van der Waals surface area contributed by atoms with Crippen molar-refractivity contribution < 1.29 is 0 Å².